The Kier molecular flexibility index (Phi) is 8.36. The van der Waals surface area contributed by atoms with E-state index in [1.54, 1.807) is 0 Å². The van der Waals surface area contributed by atoms with E-state index >= 15 is 0 Å². The molecule has 1 saturated carbocycles. The molecule has 0 radical (unpaired) electrons. The third-order valence-electron chi connectivity index (χ3n) is 6.77. The topological polar surface area (TPSA) is 114 Å². The van der Waals surface area contributed by atoms with Crippen molar-refractivity contribution in [2.75, 3.05) is 26.4 Å². The zero-order chi connectivity index (χ0) is 24.6. The molecule has 8 heteroatoms. The number of hydrogen-bond acceptors (Lipinski definition) is 5. The zero-order valence-electron chi connectivity index (χ0n) is 19.7. The summed E-state index contributed by atoms with van der Waals surface area (Å²) in [5.74, 6) is -1.14. The first-order chi connectivity index (χ1) is 17.0. The lowest BCUT2D eigenvalue weighted by atomic mass is 9.86. The Hall–Kier alpha value is -3.39. The van der Waals surface area contributed by atoms with Gasteiger partial charge in [-0.3, -0.25) is 9.59 Å². The summed E-state index contributed by atoms with van der Waals surface area (Å²) in [4.78, 5) is 35.2. The average molecular weight is 481 g/mol. The van der Waals surface area contributed by atoms with E-state index in [0.717, 1.165) is 11.1 Å². The molecule has 0 heterocycles. The number of carboxylic acid groups (broad SMARTS) is 1. The molecule has 8 nitrogen and oxygen atoms in total. The summed E-state index contributed by atoms with van der Waals surface area (Å²) < 4.78 is 10.9. The minimum absolute atomic E-state index is 0.0158. The molecule has 0 spiro atoms. The van der Waals surface area contributed by atoms with Crippen molar-refractivity contribution in [3.63, 3.8) is 0 Å². The number of nitrogens with one attached hydrogen (secondary N) is 2. The summed E-state index contributed by atoms with van der Waals surface area (Å²) in [6, 6.07) is 16.4. The number of carboxylic acids is 1. The van der Waals surface area contributed by atoms with Crippen LogP contribution in [-0.2, 0) is 19.1 Å². The number of carbonyl (C=O) groups is 3. The van der Waals surface area contributed by atoms with Gasteiger partial charge in [-0.15, -0.1) is 0 Å². The van der Waals surface area contributed by atoms with Gasteiger partial charge in [-0.25, -0.2) is 4.79 Å². The maximum absolute atomic E-state index is 12.2. The van der Waals surface area contributed by atoms with Crippen LogP contribution < -0.4 is 10.6 Å². The third kappa shape index (κ3) is 6.39. The lowest BCUT2D eigenvalue weighted by molar-refractivity contribution is -0.142. The molecule has 0 saturated heterocycles. The second kappa shape index (κ2) is 11.8. The van der Waals surface area contributed by atoms with Crippen LogP contribution in [-0.4, -0.2) is 55.5 Å². The van der Waals surface area contributed by atoms with Gasteiger partial charge < -0.3 is 25.2 Å². The highest BCUT2D eigenvalue weighted by atomic mass is 16.5. The monoisotopic (exact) mass is 480 g/mol. The fourth-order valence-corrected chi connectivity index (χ4v) is 4.93. The molecular formula is C27H32N2O6. The van der Waals surface area contributed by atoms with Gasteiger partial charge in [-0.1, -0.05) is 48.5 Å². The van der Waals surface area contributed by atoms with Gasteiger partial charge in [0.2, 0.25) is 5.91 Å². The molecular weight excluding hydrogens is 448 g/mol. The number of alkyl carbamates (subject to hydrolysis) is 1. The van der Waals surface area contributed by atoms with Crippen molar-refractivity contribution in [3.05, 3.63) is 59.7 Å². The Morgan fingerprint density at radius 3 is 2.14 bits per heavy atom. The molecule has 2 amide bonds. The van der Waals surface area contributed by atoms with E-state index in [4.69, 9.17) is 14.6 Å². The summed E-state index contributed by atoms with van der Waals surface area (Å²) in [6.45, 7) is 1.08. The van der Waals surface area contributed by atoms with Crippen LogP contribution in [0.4, 0.5) is 4.79 Å². The molecule has 0 bridgehead atoms. The van der Waals surface area contributed by atoms with Crippen LogP contribution in [0.25, 0.3) is 11.1 Å². The molecule has 186 valence electrons. The SMILES string of the molecule is O=C(CCOCCNC(=O)OCC1c2ccccc2-c2ccccc21)NC1CCC(C(=O)O)CC1. The largest absolute Gasteiger partial charge is 0.481 e. The van der Waals surface area contributed by atoms with Gasteiger partial charge in [0.25, 0.3) is 0 Å². The molecule has 2 aliphatic carbocycles. The summed E-state index contributed by atoms with van der Waals surface area (Å²) in [6.07, 6.45) is 2.30. The van der Waals surface area contributed by atoms with Crippen LogP contribution in [0.5, 0.6) is 0 Å². The highest BCUT2D eigenvalue weighted by Gasteiger charge is 2.29. The maximum Gasteiger partial charge on any atom is 0.407 e. The Morgan fingerprint density at radius 1 is 0.886 bits per heavy atom. The first-order valence-corrected chi connectivity index (χ1v) is 12.2. The molecule has 4 rings (SSSR count). The van der Waals surface area contributed by atoms with Crippen LogP contribution in [0, 0.1) is 5.92 Å². The fourth-order valence-electron chi connectivity index (χ4n) is 4.93. The van der Waals surface area contributed by atoms with Crippen molar-refractivity contribution in [3.8, 4) is 11.1 Å². The third-order valence-corrected chi connectivity index (χ3v) is 6.77. The van der Waals surface area contributed by atoms with E-state index in [9.17, 15) is 14.4 Å². The van der Waals surface area contributed by atoms with Crippen molar-refractivity contribution in [1.29, 1.82) is 0 Å². The maximum atomic E-state index is 12.2. The van der Waals surface area contributed by atoms with E-state index in [0.29, 0.717) is 25.7 Å². The van der Waals surface area contributed by atoms with Crippen molar-refractivity contribution >= 4 is 18.0 Å². The molecule has 0 aromatic heterocycles. The molecule has 2 aliphatic rings. The first kappa shape index (κ1) is 24.7. The van der Waals surface area contributed by atoms with E-state index in [1.807, 2.05) is 24.3 Å². The molecule has 2 aromatic carbocycles. The Bertz CT molecular complexity index is 1000. The Balaban J connectivity index is 1.09. The second-order valence-electron chi connectivity index (χ2n) is 9.07. The van der Waals surface area contributed by atoms with E-state index in [1.165, 1.54) is 11.1 Å². The van der Waals surface area contributed by atoms with Gasteiger partial charge in [0.15, 0.2) is 0 Å². The number of rotatable bonds is 10. The van der Waals surface area contributed by atoms with Crippen LogP contribution in [0.3, 0.4) is 0 Å². The van der Waals surface area contributed by atoms with Gasteiger partial charge in [-0.2, -0.15) is 0 Å². The highest BCUT2D eigenvalue weighted by Crippen LogP contribution is 2.44. The quantitative estimate of drug-likeness (QED) is 0.447. The van der Waals surface area contributed by atoms with Gasteiger partial charge in [-0.05, 0) is 47.9 Å². The number of aliphatic carboxylic acids is 1. The number of benzene rings is 2. The van der Waals surface area contributed by atoms with Gasteiger partial charge in [0, 0.05) is 24.9 Å². The van der Waals surface area contributed by atoms with Crippen LogP contribution in [0.1, 0.15) is 49.1 Å². The normalized spacial score (nSPS) is 18.9. The number of fused-ring (bicyclic) bond motifs is 3. The van der Waals surface area contributed by atoms with E-state index in [-0.39, 0.29) is 56.6 Å². The number of hydrogen-bond donors (Lipinski definition) is 3. The summed E-state index contributed by atoms with van der Waals surface area (Å²) in [7, 11) is 0. The van der Waals surface area contributed by atoms with Crippen LogP contribution in [0.15, 0.2) is 48.5 Å². The predicted octanol–water partition coefficient (Wildman–Crippen LogP) is 3.69. The highest BCUT2D eigenvalue weighted by molar-refractivity contribution is 5.79. The summed E-state index contributed by atoms with van der Waals surface area (Å²) in [5, 5.41) is 14.7. The van der Waals surface area contributed by atoms with E-state index in [2.05, 4.69) is 34.9 Å². The number of amides is 2. The molecule has 1 fully saturated rings. The Morgan fingerprint density at radius 2 is 1.51 bits per heavy atom. The molecule has 35 heavy (non-hydrogen) atoms. The summed E-state index contributed by atoms with van der Waals surface area (Å²) in [5.41, 5.74) is 4.70. The minimum atomic E-state index is -0.755. The van der Waals surface area contributed by atoms with Crippen molar-refractivity contribution in [2.45, 2.75) is 44.1 Å². The number of carbonyl (C=O) groups excluding carboxylic acids is 2. The van der Waals surface area contributed by atoms with E-state index < -0.39 is 12.1 Å². The van der Waals surface area contributed by atoms with Crippen LogP contribution >= 0.6 is 0 Å². The van der Waals surface area contributed by atoms with Crippen LogP contribution in [0.2, 0.25) is 0 Å². The van der Waals surface area contributed by atoms with Crippen molar-refractivity contribution in [2.24, 2.45) is 5.92 Å². The molecule has 3 N–H and O–H groups in total. The zero-order valence-corrected chi connectivity index (χ0v) is 19.7. The molecule has 0 unspecified atom stereocenters. The minimum Gasteiger partial charge on any atom is -0.481 e. The second-order valence-corrected chi connectivity index (χ2v) is 9.07. The van der Waals surface area contributed by atoms with Gasteiger partial charge in [0.05, 0.1) is 19.1 Å². The van der Waals surface area contributed by atoms with Gasteiger partial charge >= 0.3 is 12.1 Å². The molecule has 0 atom stereocenters. The Labute approximate surface area is 205 Å². The number of ether oxygens (including phenoxy) is 2. The molecule has 0 aliphatic heterocycles. The summed E-state index contributed by atoms with van der Waals surface area (Å²) >= 11 is 0. The fraction of sp³-hybridized carbons (Fsp3) is 0.444. The predicted molar refractivity (Wildman–Crippen MR) is 130 cm³/mol. The molecule has 2 aromatic rings. The lowest BCUT2D eigenvalue weighted by Crippen LogP contribution is -2.39. The smallest absolute Gasteiger partial charge is 0.407 e. The standard InChI is InChI=1S/C27H32N2O6/c30-25(29-19-11-9-18(10-12-19)26(31)32)13-15-34-16-14-28-27(33)35-17-24-22-7-3-1-5-20(22)21-6-2-4-8-23(21)24/h1-8,18-19,24H,9-17H2,(H,28,33)(H,29,30)(H,31,32). The first-order valence-electron chi connectivity index (χ1n) is 12.2. The van der Waals surface area contributed by atoms with Crippen molar-refractivity contribution < 1.29 is 29.0 Å². The lowest BCUT2D eigenvalue weighted by Gasteiger charge is -2.26. The van der Waals surface area contributed by atoms with Crippen molar-refractivity contribution in [1.82, 2.24) is 10.6 Å². The van der Waals surface area contributed by atoms with Gasteiger partial charge in [0.1, 0.15) is 6.61 Å². The average Bonchev–Trinajstić information content (AvgIpc) is 3.19.